The van der Waals surface area contributed by atoms with Crippen molar-refractivity contribution in [1.82, 2.24) is 4.31 Å². The largest absolute Gasteiger partial charge is 0.465 e. The molecule has 0 radical (unpaired) electrons. The van der Waals surface area contributed by atoms with Gasteiger partial charge in [-0.2, -0.15) is 4.31 Å². The molecule has 0 bridgehead atoms. The summed E-state index contributed by atoms with van der Waals surface area (Å²) < 4.78 is 34.3. The topological polar surface area (TPSA) is 101 Å². The third kappa shape index (κ3) is 4.84. The number of benzene rings is 2. The summed E-state index contributed by atoms with van der Waals surface area (Å²) in [6.45, 7) is 7.19. The molecule has 1 atom stereocenters. The zero-order chi connectivity index (χ0) is 27.1. The lowest BCUT2D eigenvalue weighted by molar-refractivity contribution is -0.122. The van der Waals surface area contributed by atoms with Gasteiger partial charge in [0.25, 0.3) is 5.91 Å². The molecule has 1 unspecified atom stereocenters. The second-order valence-corrected chi connectivity index (χ2v) is 11.9. The Balaban J connectivity index is 1.78. The first-order valence-electron chi connectivity index (χ1n) is 11.6. The Kier molecular flexibility index (Phi) is 7.36. The van der Waals surface area contributed by atoms with Crippen LogP contribution in [0.15, 0.2) is 52.7 Å². The first kappa shape index (κ1) is 26.7. The molecule has 37 heavy (non-hydrogen) atoms. The lowest BCUT2D eigenvalue weighted by Gasteiger charge is -2.28. The molecule has 0 spiro atoms. The molecular weight excluding hydrogens is 512 g/mol. The summed E-state index contributed by atoms with van der Waals surface area (Å²) in [6, 6.07) is 10.2. The summed E-state index contributed by atoms with van der Waals surface area (Å²) in [5.74, 6) is -1.69. The van der Waals surface area contributed by atoms with Crippen LogP contribution in [0.4, 0.5) is 5.69 Å². The predicted octanol–water partition coefficient (Wildman–Crippen LogP) is 4.29. The van der Waals surface area contributed by atoms with Crippen LogP contribution in [0.2, 0.25) is 0 Å². The van der Waals surface area contributed by atoms with Crippen LogP contribution in [-0.2, 0) is 30.9 Å². The van der Waals surface area contributed by atoms with Gasteiger partial charge in [-0.1, -0.05) is 12.1 Å². The number of methoxy groups -OCH3 is 1. The van der Waals surface area contributed by atoms with Crippen molar-refractivity contribution in [3.05, 3.63) is 80.5 Å². The SMILES string of the molecule is COC(=O)c1ccc(N2C(=O)CC(N(Cc3cccs3)S(=O)(=O)c3c(C)c(C)cc(C)c3C)C2=O)cc1. The molecular formula is C27H28N2O6S2. The van der Waals surface area contributed by atoms with Gasteiger partial charge < -0.3 is 4.74 Å². The van der Waals surface area contributed by atoms with Crippen LogP contribution in [0.3, 0.4) is 0 Å². The van der Waals surface area contributed by atoms with E-state index in [9.17, 15) is 22.8 Å². The number of carbonyl (C=O) groups is 3. The second kappa shape index (κ2) is 10.2. The van der Waals surface area contributed by atoms with Crippen LogP contribution in [0.5, 0.6) is 0 Å². The van der Waals surface area contributed by atoms with Crippen molar-refractivity contribution in [2.75, 3.05) is 12.0 Å². The number of rotatable bonds is 7. The maximum atomic E-state index is 14.2. The maximum absolute atomic E-state index is 14.2. The quantitative estimate of drug-likeness (QED) is 0.327. The van der Waals surface area contributed by atoms with Gasteiger partial charge in [-0.3, -0.25) is 9.59 Å². The van der Waals surface area contributed by atoms with Crippen molar-refractivity contribution < 1.29 is 27.5 Å². The molecule has 10 heteroatoms. The third-order valence-electron chi connectivity index (χ3n) is 6.77. The van der Waals surface area contributed by atoms with Gasteiger partial charge in [-0.05, 0) is 85.7 Å². The van der Waals surface area contributed by atoms with E-state index in [0.29, 0.717) is 11.1 Å². The van der Waals surface area contributed by atoms with Crippen molar-refractivity contribution in [2.24, 2.45) is 0 Å². The molecule has 2 heterocycles. The van der Waals surface area contributed by atoms with Crippen LogP contribution in [-0.4, -0.2) is 43.7 Å². The van der Waals surface area contributed by atoms with Crippen LogP contribution in [0.1, 0.15) is 43.9 Å². The molecule has 1 saturated heterocycles. The van der Waals surface area contributed by atoms with Crippen LogP contribution < -0.4 is 4.90 Å². The van der Waals surface area contributed by atoms with Gasteiger partial charge in [-0.25, -0.2) is 18.1 Å². The van der Waals surface area contributed by atoms with E-state index in [0.717, 1.165) is 25.2 Å². The fourth-order valence-corrected chi connectivity index (χ4v) is 7.50. The van der Waals surface area contributed by atoms with Gasteiger partial charge in [0.15, 0.2) is 0 Å². The van der Waals surface area contributed by atoms with Gasteiger partial charge in [0.05, 0.1) is 29.7 Å². The van der Waals surface area contributed by atoms with Crippen LogP contribution in [0, 0.1) is 27.7 Å². The number of sulfonamides is 1. The summed E-state index contributed by atoms with van der Waals surface area (Å²) in [6.07, 6.45) is -0.287. The Morgan fingerprint density at radius 1 is 1.05 bits per heavy atom. The zero-order valence-electron chi connectivity index (χ0n) is 21.3. The van der Waals surface area contributed by atoms with Crippen molar-refractivity contribution in [3.63, 3.8) is 0 Å². The van der Waals surface area contributed by atoms with Gasteiger partial charge >= 0.3 is 5.97 Å². The maximum Gasteiger partial charge on any atom is 0.337 e. The fraction of sp³-hybridized carbons (Fsp3) is 0.296. The molecule has 4 rings (SSSR count). The van der Waals surface area contributed by atoms with E-state index in [1.807, 2.05) is 31.4 Å². The molecule has 0 saturated carbocycles. The Morgan fingerprint density at radius 2 is 1.68 bits per heavy atom. The highest BCUT2D eigenvalue weighted by molar-refractivity contribution is 7.89. The Labute approximate surface area is 220 Å². The molecule has 2 aromatic carbocycles. The summed E-state index contributed by atoms with van der Waals surface area (Å²) in [5, 5.41) is 1.84. The number of nitrogens with zero attached hydrogens (tertiary/aromatic N) is 2. The lowest BCUT2D eigenvalue weighted by Crippen LogP contribution is -2.45. The molecule has 1 aliphatic rings. The van der Waals surface area contributed by atoms with E-state index in [-0.39, 0.29) is 29.1 Å². The molecule has 0 N–H and O–H groups in total. The van der Waals surface area contributed by atoms with E-state index in [2.05, 4.69) is 0 Å². The molecule has 194 valence electrons. The molecule has 1 aromatic heterocycles. The second-order valence-electron chi connectivity index (χ2n) is 9.04. The molecule has 3 aromatic rings. The number of ether oxygens (including phenoxy) is 1. The monoisotopic (exact) mass is 540 g/mol. The van der Waals surface area contributed by atoms with Gasteiger partial charge in [0.1, 0.15) is 6.04 Å². The van der Waals surface area contributed by atoms with Crippen LogP contribution in [0.25, 0.3) is 0 Å². The van der Waals surface area contributed by atoms with E-state index in [1.54, 1.807) is 19.9 Å². The minimum Gasteiger partial charge on any atom is -0.465 e. The smallest absolute Gasteiger partial charge is 0.337 e. The summed E-state index contributed by atoms with van der Waals surface area (Å²) >= 11 is 1.38. The van der Waals surface area contributed by atoms with Crippen molar-refractivity contribution in [3.8, 4) is 0 Å². The normalized spacial score (nSPS) is 16.1. The number of thiophene rings is 1. The molecule has 2 amide bonds. The lowest BCUT2D eigenvalue weighted by atomic mass is 10.0. The van der Waals surface area contributed by atoms with Gasteiger partial charge in [0.2, 0.25) is 15.9 Å². The van der Waals surface area contributed by atoms with Gasteiger partial charge in [0, 0.05) is 11.4 Å². The fourth-order valence-electron chi connectivity index (χ4n) is 4.58. The Hall–Kier alpha value is -3.34. The predicted molar refractivity (Wildman–Crippen MR) is 141 cm³/mol. The van der Waals surface area contributed by atoms with E-state index in [1.165, 1.54) is 42.7 Å². The number of hydrogen-bond acceptors (Lipinski definition) is 7. The minimum absolute atomic E-state index is 0.0370. The third-order valence-corrected chi connectivity index (χ3v) is 9.76. The van der Waals surface area contributed by atoms with Gasteiger partial charge in [-0.15, -0.1) is 11.3 Å². The molecule has 0 aliphatic carbocycles. The first-order chi connectivity index (χ1) is 17.5. The zero-order valence-corrected chi connectivity index (χ0v) is 22.9. The average Bonchev–Trinajstić information content (AvgIpc) is 3.48. The van der Waals surface area contributed by atoms with Crippen molar-refractivity contribution in [1.29, 1.82) is 0 Å². The number of esters is 1. The van der Waals surface area contributed by atoms with Crippen molar-refractivity contribution >= 4 is 44.8 Å². The highest BCUT2D eigenvalue weighted by Crippen LogP contribution is 2.35. The standard InChI is InChI=1S/C27H28N2O6S2/c1-16-13-17(2)19(4)25(18(16)3)37(33,34)28(15-22-7-6-12-36-22)23-14-24(30)29(26(23)31)21-10-8-20(9-11-21)27(32)35-5/h6-13,23H,14-15H2,1-5H3. The van der Waals surface area contributed by atoms with E-state index < -0.39 is 33.8 Å². The van der Waals surface area contributed by atoms with E-state index >= 15 is 0 Å². The number of anilines is 1. The average molecular weight is 541 g/mol. The summed E-state index contributed by atoms with van der Waals surface area (Å²) in [5.41, 5.74) is 3.43. The molecule has 1 fully saturated rings. The number of aryl methyl sites for hydroxylation is 2. The Morgan fingerprint density at radius 3 is 2.22 bits per heavy atom. The highest BCUT2D eigenvalue weighted by atomic mass is 32.2. The summed E-state index contributed by atoms with van der Waals surface area (Å²) in [7, 11) is -2.91. The Bertz CT molecular complexity index is 1450. The number of imide groups is 1. The number of carbonyl (C=O) groups excluding carboxylic acids is 3. The minimum atomic E-state index is -4.17. The number of amides is 2. The molecule has 8 nitrogen and oxygen atoms in total. The first-order valence-corrected chi connectivity index (χ1v) is 14.0. The van der Waals surface area contributed by atoms with Crippen LogP contribution >= 0.6 is 11.3 Å². The number of hydrogen-bond donors (Lipinski definition) is 0. The van der Waals surface area contributed by atoms with Crippen molar-refractivity contribution in [2.45, 2.75) is 51.6 Å². The van der Waals surface area contributed by atoms with E-state index in [4.69, 9.17) is 4.74 Å². The summed E-state index contributed by atoms with van der Waals surface area (Å²) in [4.78, 5) is 40.4. The highest BCUT2D eigenvalue weighted by Gasteiger charge is 2.47. The molecule has 1 aliphatic heterocycles.